The largest absolute Gasteiger partial charge is 0.327 e. The average molecular weight is 217 g/mol. The zero-order chi connectivity index (χ0) is 11.0. The van der Waals surface area contributed by atoms with E-state index >= 15 is 0 Å². The molecule has 16 heavy (non-hydrogen) atoms. The summed E-state index contributed by atoms with van der Waals surface area (Å²) in [6, 6.07) is 2.63. The third-order valence-electron chi connectivity index (χ3n) is 3.79. The van der Waals surface area contributed by atoms with Gasteiger partial charge < -0.3 is 11.1 Å². The Hall–Kier alpha value is -0.930. The molecule has 2 heterocycles. The molecule has 0 amide bonds. The Labute approximate surface area is 96.4 Å². The van der Waals surface area contributed by atoms with Crippen molar-refractivity contribution in [3.05, 3.63) is 29.1 Å². The van der Waals surface area contributed by atoms with Crippen molar-refractivity contribution < 1.29 is 0 Å². The number of pyridine rings is 1. The van der Waals surface area contributed by atoms with Crippen molar-refractivity contribution in [3.8, 4) is 0 Å². The highest BCUT2D eigenvalue weighted by Gasteiger charge is 2.22. The van der Waals surface area contributed by atoms with Gasteiger partial charge in [0.25, 0.3) is 0 Å². The van der Waals surface area contributed by atoms with E-state index < -0.39 is 0 Å². The lowest BCUT2D eigenvalue weighted by molar-refractivity contribution is 0.460. The van der Waals surface area contributed by atoms with Crippen LogP contribution in [0.15, 0.2) is 12.3 Å². The average Bonchev–Trinajstić information content (AvgIpc) is 2.69. The Morgan fingerprint density at radius 1 is 1.38 bits per heavy atom. The highest BCUT2D eigenvalue weighted by molar-refractivity contribution is 5.32. The van der Waals surface area contributed by atoms with Crippen LogP contribution in [0.5, 0.6) is 0 Å². The van der Waals surface area contributed by atoms with Crippen molar-refractivity contribution in [1.29, 1.82) is 0 Å². The van der Waals surface area contributed by atoms with Crippen molar-refractivity contribution in [2.24, 2.45) is 5.73 Å². The summed E-state index contributed by atoms with van der Waals surface area (Å²) in [7, 11) is 0. The van der Waals surface area contributed by atoms with Crippen LogP contribution in [0.1, 0.15) is 35.6 Å². The lowest BCUT2D eigenvalue weighted by Crippen LogP contribution is -2.28. The number of hydrogen-bond donors (Lipinski definition) is 2. The monoisotopic (exact) mass is 217 g/mol. The second-order valence-corrected chi connectivity index (χ2v) is 5.09. The van der Waals surface area contributed by atoms with E-state index in [-0.39, 0.29) is 0 Å². The van der Waals surface area contributed by atoms with E-state index in [4.69, 9.17) is 5.73 Å². The predicted octanol–water partition coefficient (Wildman–Crippen LogP) is 0.974. The first kappa shape index (κ1) is 10.2. The molecule has 2 aliphatic rings. The Bertz CT molecular complexity index is 383. The number of aromatic nitrogens is 1. The highest BCUT2D eigenvalue weighted by atomic mass is 14.9. The van der Waals surface area contributed by atoms with Crippen LogP contribution in [-0.2, 0) is 12.8 Å². The maximum atomic E-state index is 5.96. The van der Waals surface area contributed by atoms with E-state index in [1.165, 1.54) is 36.2 Å². The number of fused-ring (bicyclic) bond motifs is 1. The van der Waals surface area contributed by atoms with Gasteiger partial charge in [0.15, 0.2) is 0 Å². The van der Waals surface area contributed by atoms with Crippen molar-refractivity contribution in [3.63, 3.8) is 0 Å². The van der Waals surface area contributed by atoms with Crippen molar-refractivity contribution in [1.82, 2.24) is 10.3 Å². The van der Waals surface area contributed by atoms with E-state index in [2.05, 4.69) is 22.6 Å². The normalized spacial score (nSPS) is 29.1. The third kappa shape index (κ3) is 1.85. The molecule has 1 saturated heterocycles. The highest BCUT2D eigenvalue weighted by Crippen LogP contribution is 2.27. The Kier molecular flexibility index (Phi) is 2.65. The van der Waals surface area contributed by atoms with Gasteiger partial charge in [0.1, 0.15) is 0 Å². The fourth-order valence-corrected chi connectivity index (χ4v) is 2.88. The van der Waals surface area contributed by atoms with Crippen LogP contribution < -0.4 is 11.1 Å². The van der Waals surface area contributed by atoms with Crippen LogP contribution in [0, 0.1) is 0 Å². The molecule has 3 rings (SSSR count). The van der Waals surface area contributed by atoms with Gasteiger partial charge >= 0.3 is 0 Å². The topological polar surface area (TPSA) is 50.9 Å². The van der Waals surface area contributed by atoms with Gasteiger partial charge in [0, 0.05) is 30.9 Å². The number of hydrogen-bond acceptors (Lipinski definition) is 3. The molecule has 2 atom stereocenters. The molecule has 2 unspecified atom stereocenters. The molecule has 0 spiro atoms. The van der Waals surface area contributed by atoms with Gasteiger partial charge in [-0.25, -0.2) is 0 Å². The molecular weight excluding hydrogens is 198 g/mol. The van der Waals surface area contributed by atoms with Crippen LogP contribution in [0.2, 0.25) is 0 Å². The van der Waals surface area contributed by atoms with E-state index in [0.717, 1.165) is 19.4 Å². The van der Waals surface area contributed by atoms with E-state index in [1.807, 2.05) is 0 Å². The quantitative estimate of drug-likeness (QED) is 0.737. The molecule has 0 saturated carbocycles. The van der Waals surface area contributed by atoms with Crippen LogP contribution in [0.3, 0.4) is 0 Å². The van der Waals surface area contributed by atoms with Gasteiger partial charge in [-0.2, -0.15) is 0 Å². The summed E-state index contributed by atoms with van der Waals surface area (Å²) >= 11 is 0. The lowest BCUT2D eigenvalue weighted by Gasteiger charge is -2.23. The molecule has 3 nitrogen and oxygen atoms in total. The second kappa shape index (κ2) is 4.15. The molecular formula is C13H19N3. The maximum absolute atomic E-state index is 5.96. The lowest BCUT2D eigenvalue weighted by atomic mass is 9.92. The summed E-state index contributed by atoms with van der Waals surface area (Å²) in [5.74, 6) is 0.656. The summed E-state index contributed by atoms with van der Waals surface area (Å²) in [5.41, 5.74) is 9.97. The summed E-state index contributed by atoms with van der Waals surface area (Å²) < 4.78 is 0. The maximum Gasteiger partial charge on any atom is 0.0451 e. The molecule has 0 aromatic carbocycles. The molecule has 1 aromatic rings. The fourth-order valence-electron chi connectivity index (χ4n) is 2.88. The third-order valence-corrected chi connectivity index (χ3v) is 3.79. The Morgan fingerprint density at radius 2 is 2.31 bits per heavy atom. The first-order valence-electron chi connectivity index (χ1n) is 6.27. The summed E-state index contributed by atoms with van der Waals surface area (Å²) in [5, 5.41) is 3.46. The zero-order valence-electron chi connectivity index (χ0n) is 9.58. The van der Waals surface area contributed by atoms with Crippen LogP contribution in [-0.4, -0.2) is 24.1 Å². The fraction of sp³-hybridized carbons (Fsp3) is 0.615. The van der Waals surface area contributed by atoms with Crippen molar-refractivity contribution in [2.75, 3.05) is 13.1 Å². The first-order chi connectivity index (χ1) is 7.83. The molecule has 0 radical (unpaired) electrons. The minimum atomic E-state index is 0.294. The number of nitrogens with two attached hydrogens (primary N) is 1. The smallest absolute Gasteiger partial charge is 0.0451 e. The van der Waals surface area contributed by atoms with Crippen molar-refractivity contribution in [2.45, 2.75) is 37.6 Å². The molecule has 3 heteroatoms. The summed E-state index contributed by atoms with van der Waals surface area (Å²) in [6.45, 7) is 2.27. The Morgan fingerprint density at radius 3 is 3.12 bits per heavy atom. The van der Waals surface area contributed by atoms with Gasteiger partial charge in [-0.05, 0) is 42.9 Å². The van der Waals surface area contributed by atoms with Crippen molar-refractivity contribution >= 4 is 0 Å². The van der Waals surface area contributed by atoms with Gasteiger partial charge in [0.2, 0.25) is 0 Å². The number of rotatable bonds is 1. The summed E-state index contributed by atoms with van der Waals surface area (Å²) in [4.78, 5) is 4.58. The van der Waals surface area contributed by atoms with Crippen LogP contribution >= 0.6 is 0 Å². The molecule has 1 aliphatic heterocycles. The number of nitrogens with one attached hydrogen (secondary N) is 1. The molecule has 3 N–H and O–H groups in total. The van der Waals surface area contributed by atoms with E-state index in [0.29, 0.717) is 12.0 Å². The first-order valence-corrected chi connectivity index (χ1v) is 6.27. The molecule has 86 valence electrons. The molecule has 1 aromatic heterocycles. The van der Waals surface area contributed by atoms with Gasteiger partial charge in [0.05, 0.1) is 0 Å². The van der Waals surface area contributed by atoms with Gasteiger partial charge in [-0.15, -0.1) is 0 Å². The number of piperidine rings is 1. The number of nitrogens with zero attached hydrogens (tertiary/aromatic N) is 1. The van der Waals surface area contributed by atoms with Crippen LogP contribution in [0.25, 0.3) is 0 Å². The molecule has 1 aliphatic carbocycles. The minimum absolute atomic E-state index is 0.294. The molecule has 0 bridgehead atoms. The predicted molar refractivity (Wildman–Crippen MR) is 64.5 cm³/mol. The van der Waals surface area contributed by atoms with Crippen LogP contribution in [0.4, 0.5) is 0 Å². The Balaban J connectivity index is 1.84. The summed E-state index contributed by atoms with van der Waals surface area (Å²) in [6.07, 6.45) is 6.60. The second-order valence-electron chi connectivity index (χ2n) is 5.09. The minimum Gasteiger partial charge on any atom is -0.327 e. The standard InChI is InChI=1S/C13H19N3/c14-12-5-10-4-11(8-16-13(10)6-12)9-2-1-3-15-7-9/h4,8-9,12,15H,1-3,5-7,14H2. The van der Waals surface area contributed by atoms with E-state index in [9.17, 15) is 0 Å². The van der Waals surface area contributed by atoms with Gasteiger partial charge in [-0.3, -0.25) is 4.98 Å². The molecule has 1 fully saturated rings. The zero-order valence-corrected chi connectivity index (χ0v) is 9.58. The van der Waals surface area contributed by atoms with E-state index in [1.54, 1.807) is 0 Å². The van der Waals surface area contributed by atoms with Gasteiger partial charge in [-0.1, -0.05) is 6.07 Å². The SMILES string of the molecule is NC1Cc2cc(C3CCCNC3)cnc2C1.